The second kappa shape index (κ2) is 10.8. The van der Waals surface area contributed by atoms with Crippen LogP contribution in [0.2, 0.25) is 0 Å². The van der Waals surface area contributed by atoms with E-state index in [4.69, 9.17) is 9.47 Å². The SMILES string of the molecule is O=C(NC1C=CCN(C(=O)OCc2ccccc2)N1c1ccccn1)OCc1ccccc1. The number of ether oxygens (including phenoxy) is 2. The molecule has 3 aromatic rings. The van der Waals surface area contributed by atoms with Crippen molar-refractivity contribution >= 4 is 18.0 Å². The maximum atomic E-state index is 13.0. The van der Waals surface area contributed by atoms with Crippen LogP contribution >= 0.6 is 0 Å². The van der Waals surface area contributed by atoms with Gasteiger partial charge in [-0.15, -0.1) is 0 Å². The first-order valence-corrected chi connectivity index (χ1v) is 10.5. The molecule has 1 aromatic heterocycles. The summed E-state index contributed by atoms with van der Waals surface area (Å²) in [6.45, 7) is 0.532. The number of hydrogen-bond donors (Lipinski definition) is 1. The highest BCUT2D eigenvalue weighted by Gasteiger charge is 2.33. The molecular formula is C25H24N4O4. The molecule has 2 amide bonds. The van der Waals surface area contributed by atoms with Crippen molar-refractivity contribution in [2.24, 2.45) is 0 Å². The van der Waals surface area contributed by atoms with Crippen LogP contribution in [0, 0.1) is 0 Å². The topological polar surface area (TPSA) is 84.0 Å². The lowest BCUT2D eigenvalue weighted by Crippen LogP contribution is -2.59. The largest absolute Gasteiger partial charge is 0.445 e. The van der Waals surface area contributed by atoms with Gasteiger partial charge in [0.2, 0.25) is 0 Å². The van der Waals surface area contributed by atoms with Crippen molar-refractivity contribution in [1.29, 1.82) is 0 Å². The smallest absolute Gasteiger partial charge is 0.429 e. The molecule has 0 radical (unpaired) electrons. The Kier molecular flexibility index (Phi) is 7.17. The number of hydrogen-bond acceptors (Lipinski definition) is 6. The van der Waals surface area contributed by atoms with E-state index < -0.39 is 18.4 Å². The summed E-state index contributed by atoms with van der Waals surface area (Å²) in [6.07, 6.45) is 3.31. The van der Waals surface area contributed by atoms with Gasteiger partial charge in [0.05, 0.1) is 6.54 Å². The van der Waals surface area contributed by atoms with Crippen LogP contribution in [-0.2, 0) is 22.7 Å². The molecule has 1 unspecified atom stereocenters. The van der Waals surface area contributed by atoms with Gasteiger partial charge in [0, 0.05) is 6.20 Å². The number of carbonyl (C=O) groups is 2. The maximum absolute atomic E-state index is 13.0. The van der Waals surface area contributed by atoms with Crippen LogP contribution in [0.1, 0.15) is 11.1 Å². The number of pyridine rings is 1. The van der Waals surface area contributed by atoms with Gasteiger partial charge in [-0.3, -0.25) is 5.32 Å². The van der Waals surface area contributed by atoms with E-state index in [9.17, 15) is 9.59 Å². The number of hydrazine groups is 1. The van der Waals surface area contributed by atoms with E-state index in [1.54, 1.807) is 41.6 Å². The Morgan fingerprint density at radius 2 is 1.52 bits per heavy atom. The van der Waals surface area contributed by atoms with Gasteiger partial charge >= 0.3 is 12.2 Å². The Balaban J connectivity index is 1.46. The van der Waals surface area contributed by atoms with Gasteiger partial charge in [0.25, 0.3) is 0 Å². The lowest BCUT2D eigenvalue weighted by molar-refractivity contribution is 0.0874. The molecule has 1 atom stereocenters. The van der Waals surface area contributed by atoms with Gasteiger partial charge in [0.15, 0.2) is 0 Å². The molecule has 168 valence electrons. The van der Waals surface area contributed by atoms with E-state index in [2.05, 4.69) is 10.3 Å². The number of anilines is 1. The summed E-state index contributed by atoms with van der Waals surface area (Å²) in [4.78, 5) is 29.8. The van der Waals surface area contributed by atoms with Gasteiger partial charge < -0.3 is 9.47 Å². The minimum atomic E-state index is -0.693. The molecule has 1 aliphatic heterocycles. The van der Waals surface area contributed by atoms with Gasteiger partial charge in [-0.2, -0.15) is 0 Å². The molecule has 0 spiro atoms. The average Bonchev–Trinajstić information content (AvgIpc) is 2.87. The number of nitrogens with zero attached hydrogens (tertiary/aromatic N) is 3. The van der Waals surface area contributed by atoms with Gasteiger partial charge in [-0.25, -0.2) is 24.6 Å². The monoisotopic (exact) mass is 444 g/mol. The van der Waals surface area contributed by atoms with E-state index in [-0.39, 0.29) is 19.8 Å². The van der Waals surface area contributed by atoms with Crippen molar-refractivity contribution < 1.29 is 19.1 Å². The van der Waals surface area contributed by atoms with E-state index in [1.807, 2.05) is 60.7 Å². The molecule has 33 heavy (non-hydrogen) atoms. The molecule has 1 aliphatic rings. The third-order valence-electron chi connectivity index (χ3n) is 4.90. The summed E-state index contributed by atoms with van der Waals surface area (Å²) in [7, 11) is 0. The lowest BCUT2D eigenvalue weighted by atomic mass is 10.2. The highest BCUT2D eigenvalue weighted by atomic mass is 16.6. The van der Waals surface area contributed by atoms with Crippen LogP contribution in [0.5, 0.6) is 0 Å². The molecule has 1 N–H and O–H groups in total. The first-order valence-electron chi connectivity index (χ1n) is 10.5. The van der Waals surface area contributed by atoms with E-state index >= 15 is 0 Å². The summed E-state index contributed by atoms with van der Waals surface area (Å²) in [5.41, 5.74) is 1.75. The summed E-state index contributed by atoms with van der Waals surface area (Å²) in [6, 6.07) is 24.2. The lowest BCUT2D eigenvalue weighted by Gasteiger charge is -2.40. The van der Waals surface area contributed by atoms with E-state index in [0.29, 0.717) is 5.82 Å². The van der Waals surface area contributed by atoms with Crippen molar-refractivity contribution in [3.05, 3.63) is 108 Å². The zero-order valence-electron chi connectivity index (χ0n) is 17.9. The highest BCUT2D eigenvalue weighted by Crippen LogP contribution is 2.21. The third kappa shape index (κ3) is 5.88. The average molecular weight is 444 g/mol. The van der Waals surface area contributed by atoms with Crippen LogP contribution < -0.4 is 10.3 Å². The standard InChI is InChI=1S/C25H24N4O4/c30-24(32-18-20-10-3-1-4-11-20)27-23-15-9-17-28(29(23)22-14-7-8-16-26-22)25(31)33-19-21-12-5-2-6-13-21/h1-16,23H,17-19H2,(H,27,30). The van der Waals surface area contributed by atoms with Gasteiger partial charge in [-0.1, -0.05) is 72.8 Å². The number of aromatic nitrogens is 1. The second-order valence-corrected chi connectivity index (χ2v) is 7.23. The predicted octanol–water partition coefficient (Wildman–Crippen LogP) is 4.26. The predicted molar refractivity (Wildman–Crippen MR) is 123 cm³/mol. The van der Waals surface area contributed by atoms with Crippen LogP contribution in [0.15, 0.2) is 97.2 Å². The fourth-order valence-electron chi connectivity index (χ4n) is 3.32. The number of alkyl carbamates (subject to hydrolysis) is 1. The van der Waals surface area contributed by atoms with Crippen LogP contribution in [0.3, 0.4) is 0 Å². The minimum Gasteiger partial charge on any atom is -0.445 e. The highest BCUT2D eigenvalue weighted by molar-refractivity contribution is 5.73. The van der Waals surface area contributed by atoms with Crippen LogP contribution in [0.4, 0.5) is 15.4 Å². The second-order valence-electron chi connectivity index (χ2n) is 7.23. The molecule has 0 saturated heterocycles. The van der Waals surface area contributed by atoms with Gasteiger partial charge in [0.1, 0.15) is 25.2 Å². The number of amides is 2. The Bertz CT molecular complexity index is 1080. The molecule has 0 bridgehead atoms. The molecule has 0 saturated carbocycles. The molecular weight excluding hydrogens is 420 g/mol. The van der Waals surface area contributed by atoms with Crippen LogP contribution in [0.25, 0.3) is 0 Å². The summed E-state index contributed by atoms with van der Waals surface area (Å²) >= 11 is 0. The minimum absolute atomic E-state index is 0.132. The first-order chi connectivity index (χ1) is 16.2. The Morgan fingerprint density at radius 1 is 0.879 bits per heavy atom. The number of benzene rings is 2. The molecule has 8 heteroatoms. The third-order valence-corrected chi connectivity index (χ3v) is 4.90. The fourth-order valence-corrected chi connectivity index (χ4v) is 3.32. The van der Waals surface area contributed by atoms with Crippen molar-refractivity contribution in [3.8, 4) is 0 Å². The zero-order valence-corrected chi connectivity index (χ0v) is 17.9. The summed E-state index contributed by atoms with van der Waals surface area (Å²) < 4.78 is 10.9. The van der Waals surface area contributed by atoms with Crippen LogP contribution in [-0.4, -0.2) is 34.9 Å². The molecule has 2 aromatic carbocycles. The van der Waals surface area contributed by atoms with E-state index in [1.165, 1.54) is 5.01 Å². The zero-order chi connectivity index (χ0) is 22.9. The number of carbonyl (C=O) groups excluding carboxylic acids is 2. The molecule has 8 nitrogen and oxygen atoms in total. The quantitative estimate of drug-likeness (QED) is 0.572. The van der Waals surface area contributed by atoms with Crippen molar-refractivity contribution in [2.75, 3.05) is 11.6 Å². The summed E-state index contributed by atoms with van der Waals surface area (Å²) in [5, 5.41) is 5.76. The molecule has 4 rings (SSSR count). The van der Waals surface area contributed by atoms with E-state index in [0.717, 1.165) is 11.1 Å². The van der Waals surface area contributed by atoms with Crippen molar-refractivity contribution in [3.63, 3.8) is 0 Å². The molecule has 0 aliphatic carbocycles. The Morgan fingerprint density at radius 3 is 2.15 bits per heavy atom. The maximum Gasteiger partial charge on any atom is 0.429 e. The van der Waals surface area contributed by atoms with Crippen molar-refractivity contribution in [1.82, 2.24) is 15.3 Å². The number of nitrogens with one attached hydrogen (secondary N) is 1. The molecule has 0 fully saturated rings. The summed E-state index contributed by atoms with van der Waals surface area (Å²) in [5.74, 6) is 0.479. The Hall–Kier alpha value is -4.33. The molecule has 2 heterocycles. The number of rotatable bonds is 6. The fraction of sp³-hybridized carbons (Fsp3) is 0.160. The Labute approximate surface area is 192 Å². The first kappa shape index (κ1) is 21.9. The normalized spacial score (nSPS) is 15.1. The van der Waals surface area contributed by atoms with Crippen molar-refractivity contribution in [2.45, 2.75) is 19.4 Å². The van der Waals surface area contributed by atoms with Gasteiger partial charge in [-0.05, 0) is 29.3 Å².